The van der Waals surface area contributed by atoms with Crippen LogP contribution in [-0.4, -0.2) is 28.2 Å². The average molecular weight is 270 g/mol. The van der Waals surface area contributed by atoms with Gasteiger partial charge >= 0.3 is 21.7 Å². The predicted molar refractivity (Wildman–Crippen MR) is 78.8 cm³/mol. The zero-order chi connectivity index (χ0) is 12.4. The van der Waals surface area contributed by atoms with Gasteiger partial charge in [-0.2, -0.15) is 34.3 Å². The maximum absolute atomic E-state index is 3.50. The van der Waals surface area contributed by atoms with Crippen molar-refractivity contribution in [2.75, 3.05) is 28.2 Å². The molecule has 0 radical (unpaired) electrons. The monoisotopic (exact) mass is 270 g/mol. The van der Waals surface area contributed by atoms with E-state index in [0.717, 1.165) is 6.42 Å². The summed E-state index contributed by atoms with van der Waals surface area (Å²) in [5.74, 6) is 0. The maximum atomic E-state index is 3.50. The van der Waals surface area contributed by atoms with Crippen molar-refractivity contribution in [3.8, 4) is 0 Å². The van der Waals surface area contributed by atoms with Crippen LogP contribution in [0.4, 0.5) is 0 Å². The Morgan fingerprint density at radius 3 is 1.47 bits per heavy atom. The summed E-state index contributed by atoms with van der Waals surface area (Å²) in [7, 11) is 7.00. The zero-order valence-electron chi connectivity index (χ0n) is 11.9. The minimum absolute atomic E-state index is 0. The summed E-state index contributed by atoms with van der Waals surface area (Å²) in [5, 5.41) is 7.00. The van der Waals surface area contributed by atoms with E-state index in [2.05, 4.69) is 35.9 Å². The quantitative estimate of drug-likeness (QED) is 0.385. The molecule has 0 spiro atoms. The Morgan fingerprint density at radius 1 is 1.06 bits per heavy atom. The normalized spacial score (nSPS) is 8.47. The molecule has 96 valence electrons. The van der Waals surface area contributed by atoms with Crippen LogP contribution in [0.15, 0.2) is 43.5 Å². The number of hydrogen-bond acceptors (Lipinski definition) is 0. The second kappa shape index (κ2) is 45.0. The van der Waals surface area contributed by atoms with Crippen molar-refractivity contribution in [3.63, 3.8) is 0 Å². The van der Waals surface area contributed by atoms with Gasteiger partial charge in [0.25, 0.3) is 0 Å². The van der Waals surface area contributed by atoms with Crippen LogP contribution in [0.2, 0.25) is 0 Å². The van der Waals surface area contributed by atoms with Crippen molar-refractivity contribution in [2.45, 2.75) is 6.42 Å². The Balaban J connectivity index is -0.0000000373. The second-order valence-electron chi connectivity index (χ2n) is 2.37. The van der Waals surface area contributed by atoms with Crippen molar-refractivity contribution < 1.29 is 21.7 Å². The molecule has 1 aliphatic rings. The predicted octanol–water partition coefficient (Wildman–Crippen LogP) is 4.35. The smallest absolute Gasteiger partial charge is 0.668 e. The molecule has 0 heterocycles. The summed E-state index contributed by atoms with van der Waals surface area (Å²) in [5.41, 5.74) is 0. The van der Waals surface area contributed by atoms with Crippen molar-refractivity contribution in [3.05, 3.63) is 67.7 Å². The third-order valence-corrected chi connectivity index (χ3v) is 0.753. The molecule has 0 bridgehead atoms. The van der Waals surface area contributed by atoms with Gasteiger partial charge in [0.15, 0.2) is 0 Å². The van der Waals surface area contributed by atoms with Crippen molar-refractivity contribution in [1.29, 1.82) is 0 Å². The van der Waals surface area contributed by atoms with E-state index >= 15 is 0 Å². The maximum Gasteiger partial charge on any atom is 4.00 e. The minimum atomic E-state index is 0. The molecule has 0 unspecified atom stereocenters. The molecular weight excluding hydrogens is 244 g/mol. The molecular formula is C14H26N2Ti. The minimum Gasteiger partial charge on any atom is -0.668 e. The van der Waals surface area contributed by atoms with Gasteiger partial charge in [-0.05, 0) is 0 Å². The molecule has 0 fully saturated rings. The van der Waals surface area contributed by atoms with E-state index in [0.29, 0.717) is 0 Å². The summed E-state index contributed by atoms with van der Waals surface area (Å²) in [6.45, 7) is 6.72. The largest absolute Gasteiger partial charge is 4.00 e. The standard InChI is InChI=1S/C5H5.C4H6.2C2H6N.CH3.Ti/c1-2-4-5-3-1;1-3-4-2;2*1-3-2;;/h1-3H,4H2;3-4H,1-2H2;2*1-2H3;1H3;/q-1;;3*-1;+4. The number of allylic oxidation sites excluding steroid dienone is 6. The van der Waals surface area contributed by atoms with Gasteiger partial charge in [-0.3, -0.25) is 6.08 Å². The van der Waals surface area contributed by atoms with Crippen LogP contribution < -0.4 is 0 Å². The molecule has 0 aromatic heterocycles. The summed E-state index contributed by atoms with van der Waals surface area (Å²) in [6, 6.07) is 0. The summed E-state index contributed by atoms with van der Waals surface area (Å²) in [6.07, 6.45) is 13.3. The molecule has 0 aliphatic heterocycles. The Labute approximate surface area is 124 Å². The summed E-state index contributed by atoms with van der Waals surface area (Å²) in [4.78, 5) is 0. The molecule has 3 heteroatoms. The molecule has 0 aromatic rings. The van der Waals surface area contributed by atoms with Gasteiger partial charge < -0.3 is 18.1 Å². The van der Waals surface area contributed by atoms with Crippen LogP contribution in [-0.2, 0) is 21.7 Å². The molecule has 1 aliphatic carbocycles. The first-order valence-corrected chi connectivity index (χ1v) is 4.66. The third kappa shape index (κ3) is 92.1. The van der Waals surface area contributed by atoms with E-state index in [9.17, 15) is 0 Å². The van der Waals surface area contributed by atoms with Crippen LogP contribution in [0.25, 0.3) is 10.6 Å². The SMILES string of the molecule is C=CC=C.C[N-]C.C[N-]C.[C-]1=CC=CC1.[CH3-].[Ti+4]. The second-order valence-corrected chi connectivity index (χ2v) is 2.37. The Morgan fingerprint density at radius 2 is 1.41 bits per heavy atom. The van der Waals surface area contributed by atoms with Crippen molar-refractivity contribution in [2.24, 2.45) is 0 Å². The van der Waals surface area contributed by atoms with E-state index in [1.165, 1.54) is 0 Å². The molecule has 0 saturated carbocycles. The van der Waals surface area contributed by atoms with Gasteiger partial charge in [-0.1, -0.05) is 25.3 Å². The van der Waals surface area contributed by atoms with Gasteiger partial charge in [0.05, 0.1) is 0 Å². The molecule has 0 aromatic carbocycles. The molecule has 0 saturated heterocycles. The zero-order valence-corrected chi connectivity index (χ0v) is 13.5. The molecule has 1 rings (SSSR count). The summed E-state index contributed by atoms with van der Waals surface area (Å²) >= 11 is 0. The van der Waals surface area contributed by atoms with E-state index in [4.69, 9.17) is 0 Å². The van der Waals surface area contributed by atoms with E-state index in [1.54, 1.807) is 40.3 Å². The fraction of sp³-hybridized carbons (Fsp3) is 0.357. The first kappa shape index (κ1) is 30.0. The Bertz CT molecular complexity index is 146. The van der Waals surface area contributed by atoms with Gasteiger partial charge in [-0.15, -0.1) is 6.42 Å². The number of nitrogens with zero attached hydrogens (tertiary/aromatic N) is 2. The fourth-order valence-corrected chi connectivity index (χ4v) is 0.340. The topological polar surface area (TPSA) is 28.2 Å². The average Bonchev–Trinajstić information content (AvgIpc) is 2.78. The third-order valence-electron chi connectivity index (χ3n) is 0.753. The van der Waals surface area contributed by atoms with Gasteiger partial charge in [0, 0.05) is 0 Å². The first-order chi connectivity index (χ1) is 7.24. The van der Waals surface area contributed by atoms with Gasteiger partial charge in [0.1, 0.15) is 0 Å². The molecule has 17 heavy (non-hydrogen) atoms. The van der Waals surface area contributed by atoms with Crippen LogP contribution >= 0.6 is 0 Å². The molecule has 0 atom stereocenters. The molecule has 0 N–H and O–H groups in total. The summed E-state index contributed by atoms with van der Waals surface area (Å²) < 4.78 is 0. The fourth-order valence-electron chi connectivity index (χ4n) is 0.340. The van der Waals surface area contributed by atoms with Crippen molar-refractivity contribution >= 4 is 0 Å². The number of rotatable bonds is 1. The van der Waals surface area contributed by atoms with Crippen molar-refractivity contribution in [1.82, 2.24) is 0 Å². The van der Waals surface area contributed by atoms with Crippen LogP contribution in [0.5, 0.6) is 0 Å². The number of hydrogen-bond donors (Lipinski definition) is 0. The van der Waals surface area contributed by atoms with E-state index < -0.39 is 0 Å². The van der Waals surface area contributed by atoms with E-state index in [1.807, 2.05) is 12.2 Å². The van der Waals surface area contributed by atoms with Crippen LogP contribution in [0, 0.1) is 13.5 Å². The van der Waals surface area contributed by atoms with Crippen LogP contribution in [0.1, 0.15) is 6.42 Å². The van der Waals surface area contributed by atoms with Crippen LogP contribution in [0.3, 0.4) is 0 Å². The Kier molecular flexibility index (Phi) is 79.4. The van der Waals surface area contributed by atoms with Gasteiger partial charge in [0.2, 0.25) is 0 Å². The molecule has 0 amide bonds. The first-order valence-electron chi connectivity index (χ1n) is 4.66. The molecule has 2 nitrogen and oxygen atoms in total. The van der Waals surface area contributed by atoms with E-state index in [-0.39, 0.29) is 29.1 Å². The Hall–Kier alpha value is -0.406. The van der Waals surface area contributed by atoms with Gasteiger partial charge in [-0.25, -0.2) is 12.2 Å².